The van der Waals surface area contributed by atoms with Gasteiger partial charge in [-0.3, -0.25) is 9.59 Å². The van der Waals surface area contributed by atoms with E-state index in [0.29, 0.717) is 19.5 Å². The molecule has 0 aliphatic carbocycles. The molecule has 0 aromatic heterocycles. The summed E-state index contributed by atoms with van der Waals surface area (Å²) in [6, 6.07) is 17.0. The summed E-state index contributed by atoms with van der Waals surface area (Å²) in [5, 5.41) is 2.95. The Morgan fingerprint density at radius 1 is 1.03 bits per heavy atom. The molecule has 1 N–H and O–H groups in total. The smallest absolute Gasteiger partial charge is 0.242 e. The van der Waals surface area contributed by atoms with Gasteiger partial charge in [-0.15, -0.1) is 0 Å². The molecule has 0 radical (unpaired) electrons. The minimum Gasteiger partial charge on any atom is -0.497 e. The van der Waals surface area contributed by atoms with E-state index < -0.39 is 6.04 Å². The maximum atomic E-state index is 13.1. The van der Waals surface area contributed by atoms with Crippen LogP contribution in [-0.2, 0) is 22.4 Å². The number of hydrogen-bond acceptors (Lipinski definition) is 3. The predicted octanol–water partition coefficient (Wildman–Crippen LogP) is 3.61. The number of carbonyl (C=O) groups excluding carboxylic acids is 2. The normalized spacial score (nSPS) is 11.6. The highest BCUT2D eigenvalue weighted by atomic mass is 16.5. The topological polar surface area (TPSA) is 58.6 Å². The second-order valence-electron chi connectivity index (χ2n) is 7.17. The van der Waals surface area contributed by atoms with Gasteiger partial charge in [-0.05, 0) is 43.0 Å². The summed E-state index contributed by atoms with van der Waals surface area (Å²) in [5.41, 5.74) is 2.05. The molecule has 5 heteroatoms. The number of carbonyl (C=O) groups is 2. The number of methoxy groups -OCH3 is 1. The fourth-order valence-electron chi connectivity index (χ4n) is 3.13. The van der Waals surface area contributed by atoms with E-state index in [1.165, 1.54) is 0 Å². The van der Waals surface area contributed by atoms with Crippen molar-refractivity contribution in [1.82, 2.24) is 10.2 Å². The van der Waals surface area contributed by atoms with Gasteiger partial charge >= 0.3 is 0 Å². The van der Waals surface area contributed by atoms with Crippen molar-refractivity contribution in [2.24, 2.45) is 0 Å². The Morgan fingerprint density at radius 2 is 1.72 bits per heavy atom. The van der Waals surface area contributed by atoms with Crippen LogP contribution < -0.4 is 10.1 Å². The second kappa shape index (κ2) is 11.9. The summed E-state index contributed by atoms with van der Waals surface area (Å²) in [5.74, 6) is 0.602. The zero-order valence-corrected chi connectivity index (χ0v) is 17.7. The van der Waals surface area contributed by atoms with Crippen molar-refractivity contribution in [3.05, 3.63) is 65.7 Å². The fraction of sp³-hybridized carbons (Fsp3) is 0.417. The SMILES string of the molecule is CCCCNC(=O)C(C)N(CCc1ccccc1)C(=O)Cc1ccc(OC)cc1. The summed E-state index contributed by atoms with van der Waals surface area (Å²) in [6.45, 7) is 5.03. The number of unbranched alkanes of at least 4 members (excludes halogenated alkanes) is 1. The first-order chi connectivity index (χ1) is 14.0. The van der Waals surface area contributed by atoms with E-state index in [4.69, 9.17) is 4.74 Å². The Kier molecular flexibility index (Phi) is 9.22. The molecule has 5 nitrogen and oxygen atoms in total. The molecule has 0 spiro atoms. The number of benzene rings is 2. The van der Waals surface area contributed by atoms with Gasteiger partial charge in [0.2, 0.25) is 11.8 Å². The maximum absolute atomic E-state index is 13.1. The third-order valence-corrected chi connectivity index (χ3v) is 5.00. The molecule has 0 saturated heterocycles. The average molecular weight is 397 g/mol. The standard InChI is InChI=1S/C24H32N2O3/c1-4-5-16-25-24(28)19(2)26(17-15-20-9-7-6-8-10-20)23(27)18-21-11-13-22(29-3)14-12-21/h6-14,19H,4-5,15-18H2,1-3H3,(H,25,28). The van der Waals surface area contributed by atoms with Crippen LogP contribution >= 0.6 is 0 Å². The second-order valence-corrected chi connectivity index (χ2v) is 7.17. The number of ether oxygens (including phenoxy) is 1. The molecule has 1 atom stereocenters. The van der Waals surface area contributed by atoms with Gasteiger partial charge in [-0.1, -0.05) is 55.8 Å². The average Bonchev–Trinajstić information content (AvgIpc) is 2.75. The predicted molar refractivity (Wildman–Crippen MR) is 116 cm³/mol. The van der Waals surface area contributed by atoms with Crippen LogP contribution in [0.3, 0.4) is 0 Å². The zero-order valence-electron chi connectivity index (χ0n) is 17.7. The summed E-state index contributed by atoms with van der Waals surface area (Å²) in [6.07, 6.45) is 2.91. The van der Waals surface area contributed by atoms with Crippen molar-refractivity contribution in [1.29, 1.82) is 0 Å². The Morgan fingerprint density at radius 3 is 2.34 bits per heavy atom. The molecular formula is C24H32N2O3. The first-order valence-corrected chi connectivity index (χ1v) is 10.3. The molecule has 2 rings (SSSR count). The number of nitrogens with zero attached hydrogens (tertiary/aromatic N) is 1. The van der Waals surface area contributed by atoms with Crippen LogP contribution in [0.25, 0.3) is 0 Å². The van der Waals surface area contributed by atoms with Crippen molar-refractivity contribution in [2.45, 2.75) is 45.6 Å². The molecule has 0 aliphatic rings. The summed E-state index contributed by atoms with van der Waals surface area (Å²) >= 11 is 0. The first kappa shape index (κ1) is 22.5. The van der Waals surface area contributed by atoms with Gasteiger partial charge in [-0.2, -0.15) is 0 Å². The van der Waals surface area contributed by atoms with Crippen molar-refractivity contribution < 1.29 is 14.3 Å². The molecule has 2 amide bonds. The minimum atomic E-state index is -0.513. The molecule has 1 unspecified atom stereocenters. The molecule has 0 fully saturated rings. The molecule has 156 valence electrons. The van der Waals surface area contributed by atoms with E-state index in [0.717, 1.165) is 29.7 Å². The largest absolute Gasteiger partial charge is 0.497 e. The highest BCUT2D eigenvalue weighted by molar-refractivity contribution is 5.88. The summed E-state index contributed by atoms with van der Waals surface area (Å²) in [7, 11) is 1.62. The lowest BCUT2D eigenvalue weighted by atomic mass is 10.1. The third kappa shape index (κ3) is 7.26. The Balaban J connectivity index is 2.08. The molecule has 2 aromatic rings. The van der Waals surface area contributed by atoms with E-state index in [2.05, 4.69) is 12.2 Å². The van der Waals surface area contributed by atoms with E-state index in [1.54, 1.807) is 18.9 Å². The van der Waals surface area contributed by atoms with Crippen LogP contribution in [-0.4, -0.2) is 43.0 Å². The minimum absolute atomic E-state index is 0.0516. The van der Waals surface area contributed by atoms with Crippen LogP contribution in [0.5, 0.6) is 5.75 Å². The number of rotatable bonds is 11. The molecule has 0 saturated carbocycles. The first-order valence-electron chi connectivity index (χ1n) is 10.3. The number of hydrogen-bond donors (Lipinski definition) is 1. The third-order valence-electron chi connectivity index (χ3n) is 5.00. The van der Waals surface area contributed by atoms with Gasteiger partial charge in [0, 0.05) is 13.1 Å². The van der Waals surface area contributed by atoms with Crippen LogP contribution in [0.15, 0.2) is 54.6 Å². The van der Waals surface area contributed by atoms with Gasteiger partial charge in [-0.25, -0.2) is 0 Å². The Labute approximate surface area is 174 Å². The Bertz CT molecular complexity index is 759. The van der Waals surface area contributed by atoms with Crippen LogP contribution in [0, 0.1) is 0 Å². The van der Waals surface area contributed by atoms with E-state index >= 15 is 0 Å². The number of nitrogens with one attached hydrogen (secondary N) is 1. The van der Waals surface area contributed by atoms with Crippen LogP contribution in [0.1, 0.15) is 37.8 Å². The van der Waals surface area contributed by atoms with E-state index in [-0.39, 0.29) is 18.2 Å². The highest BCUT2D eigenvalue weighted by Gasteiger charge is 2.25. The van der Waals surface area contributed by atoms with E-state index in [9.17, 15) is 9.59 Å². The molecule has 0 bridgehead atoms. The molecule has 2 aromatic carbocycles. The lowest BCUT2D eigenvalue weighted by Gasteiger charge is -2.29. The molecule has 29 heavy (non-hydrogen) atoms. The van der Waals surface area contributed by atoms with Crippen molar-refractivity contribution in [3.63, 3.8) is 0 Å². The lowest BCUT2D eigenvalue weighted by Crippen LogP contribution is -2.49. The summed E-state index contributed by atoms with van der Waals surface area (Å²) < 4.78 is 5.18. The highest BCUT2D eigenvalue weighted by Crippen LogP contribution is 2.14. The van der Waals surface area contributed by atoms with Crippen LogP contribution in [0.4, 0.5) is 0 Å². The molecular weight excluding hydrogens is 364 g/mol. The zero-order chi connectivity index (χ0) is 21.1. The fourth-order valence-corrected chi connectivity index (χ4v) is 3.13. The molecule has 0 heterocycles. The van der Waals surface area contributed by atoms with Crippen molar-refractivity contribution >= 4 is 11.8 Å². The van der Waals surface area contributed by atoms with Gasteiger partial charge in [0.15, 0.2) is 0 Å². The van der Waals surface area contributed by atoms with Crippen molar-refractivity contribution in [3.8, 4) is 5.75 Å². The van der Waals surface area contributed by atoms with Gasteiger partial charge < -0.3 is 15.0 Å². The lowest BCUT2D eigenvalue weighted by molar-refractivity contribution is -0.139. The maximum Gasteiger partial charge on any atom is 0.242 e. The molecule has 0 aliphatic heterocycles. The summed E-state index contributed by atoms with van der Waals surface area (Å²) in [4.78, 5) is 27.4. The number of amides is 2. The monoisotopic (exact) mass is 396 g/mol. The van der Waals surface area contributed by atoms with Crippen molar-refractivity contribution in [2.75, 3.05) is 20.2 Å². The quantitative estimate of drug-likeness (QED) is 0.590. The van der Waals surface area contributed by atoms with Gasteiger partial charge in [0.1, 0.15) is 11.8 Å². The van der Waals surface area contributed by atoms with Gasteiger partial charge in [0.25, 0.3) is 0 Å². The van der Waals surface area contributed by atoms with Gasteiger partial charge in [0.05, 0.1) is 13.5 Å². The van der Waals surface area contributed by atoms with Crippen LogP contribution in [0.2, 0.25) is 0 Å². The Hall–Kier alpha value is -2.82. The van der Waals surface area contributed by atoms with E-state index in [1.807, 2.05) is 54.6 Å².